The van der Waals surface area contributed by atoms with Crippen LogP contribution in [0.1, 0.15) is 51.9 Å². The highest BCUT2D eigenvalue weighted by molar-refractivity contribution is 5.94. The summed E-state index contributed by atoms with van der Waals surface area (Å²) in [6.45, 7) is 0.702. The standard InChI is InChI=1S/C20H20N2O2/c23-18-9-13(8-17(22-18)11-5-6-11)20(24)21-10-16-15-7-12-3-1-2-4-14(12)19(15)16/h1-4,8-9,11,15-16,19H,5-7,10H2,(H,21,24)(H,22,23). The molecule has 0 spiro atoms. The van der Waals surface area contributed by atoms with Crippen LogP contribution in [0.4, 0.5) is 0 Å². The van der Waals surface area contributed by atoms with Crippen molar-refractivity contribution < 1.29 is 4.79 Å². The predicted octanol–water partition coefficient (Wildman–Crippen LogP) is 2.57. The van der Waals surface area contributed by atoms with Crippen LogP contribution in [-0.4, -0.2) is 17.4 Å². The molecule has 0 bridgehead atoms. The number of carbonyl (C=O) groups excluding carboxylic acids is 1. The molecule has 4 heteroatoms. The molecule has 24 heavy (non-hydrogen) atoms. The fraction of sp³-hybridized carbons (Fsp3) is 0.400. The average molecular weight is 320 g/mol. The number of hydrogen-bond acceptors (Lipinski definition) is 2. The third-order valence-electron chi connectivity index (χ3n) is 5.84. The molecule has 1 aromatic carbocycles. The van der Waals surface area contributed by atoms with Crippen LogP contribution in [0.2, 0.25) is 0 Å². The monoisotopic (exact) mass is 320 g/mol. The molecular formula is C20H20N2O2. The first-order chi connectivity index (χ1) is 11.7. The van der Waals surface area contributed by atoms with Crippen LogP contribution in [-0.2, 0) is 6.42 Å². The number of aromatic amines is 1. The Bertz CT molecular complexity index is 881. The van der Waals surface area contributed by atoms with E-state index in [2.05, 4.69) is 34.6 Å². The minimum Gasteiger partial charge on any atom is -0.352 e. The van der Waals surface area contributed by atoms with E-state index in [4.69, 9.17) is 0 Å². The molecule has 2 N–H and O–H groups in total. The molecule has 1 amide bonds. The number of fused-ring (bicyclic) bond motifs is 3. The summed E-state index contributed by atoms with van der Waals surface area (Å²) in [6, 6.07) is 11.9. The lowest BCUT2D eigenvalue weighted by molar-refractivity contribution is 0.0950. The Labute approximate surface area is 140 Å². The van der Waals surface area contributed by atoms with E-state index in [0.29, 0.717) is 35.8 Å². The highest BCUT2D eigenvalue weighted by Gasteiger charge is 2.55. The molecule has 1 heterocycles. The highest BCUT2D eigenvalue weighted by Crippen LogP contribution is 2.60. The molecule has 122 valence electrons. The van der Waals surface area contributed by atoms with Gasteiger partial charge < -0.3 is 10.3 Å². The first-order valence-electron chi connectivity index (χ1n) is 8.81. The van der Waals surface area contributed by atoms with Gasteiger partial charge in [0.05, 0.1) is 0 Å². The van der Waals surface area contributed by atoms with Crippen molar-refractivity contribution in [1.29, 1.82) is 0 Å². The molecule has 3 atom stereocenters. The molecular weight excluding hydrogens is 300 g/mol. The molecule has 3 aliphatic carbocycles. The molecule has 4 nitrogen and oxygen atoms in total. The van der Waals surface area contributed by atoms with Gasteiger partial charge in [-0.1, -0.05) is 24.3 Å². The largest absolute Gasteiger partial charge is 0.352 e. The fourth-order valence-corrected chi connectivity index (χ4v) is 4.38. The fourth-order valence-electron chi connectivity index (χ4n) is 4.38. The zero-order valence-corrected chi connectivity index (χ0v) is 13.4. The maximum Gasteiger partial charge on any atom is 0.251 e. The maximum atomic E-state index is 12.4. The second-order valence-corrected chi connectivity index (χ2v) is 7.43. The molecule has 2 fully saturated rings. The molecule has 0 radical (unpaired) electrons. The number of pyridine rings is 1. The molecule has 0 aliphatic heterocycles. The van der Waals surface area contributed by atoms with Gasteiger partial charge in [0, 0.05) is 23.9 Å². The molecule has 3 aliphatic rings. The lowest BCUT2D eigenvalue weighted by atomic mass is 10.0. The van der Waals surface area contributed by atoms with E-state index in [9.17, 15) is 9.59 Å². The number of H-pyrrole nitrogens is 1. The summed E-state index contributed by atoms with van der Waals surface area (Å²) in [6.07, 6.45) is 3.34. The number of benzene rings is 1. The van der Waals surface area contributed by atoms with Gasteiger partial charge in [-0.3, -0.25) is 9.59 Å². The Morgan fingerprint density at radius 3 is 2.88 bits per heavy atom. The van der Waals surface area contributed by atoms with Gasteiger partial charge in [0.1, 0.15) is 0 Å². The minimum atomic E-state index is -0.179. The smallest absolute Gasteiger partial charge is 0.251 e. The Morgan fingerprint density at radius 1 is 1.21 bits per heavy atom. The van der Waals surface area contributed by atoms with Crippen molar-refractivity contribution in [3.8, 4) is 0 Å². The van der Waals surface area contributed by atoms with Crippen molar-refractivity contribution in [2.24, 2.45) is 11.8 Å². The van der Waals surface area contributed by atoms with Gasteiger partial charge in [-0.05, 0) is 60.1 Å². The van der Waals surface area contributed by atoms with Crippen molar-refractivity contribution in [3.05, 3.63) is 69.1 Å². The number of aromatic nitrogens is 1. The Hall–Kier alpha value is -2.36. The minimum absolute atomic E-state index is 0.124. The lowest BCUT2D eigenvalue weighted by Crippen LogP contribution is -2.28. The molecule has 0 saturated heterocycles. The van der Waals surface area contributed by atoms with E-state index in [0.717, 1.165) is 25.0 Å². The third kappa shape index (κ3) is 2.29. The van der Waals surface area contributed by atoms with Crippen LogP contribution in [0.5, 0.6) is 0 Å². The highest BCUT2D eigenvalue weighted by atomic mass is 16.2. The van der Waals surface area contributed by atoms with Gasteiger partial charge >= 0.3 is 0 Å². The van der Waals surface area contributed by atoms with Crippen molar-refractivity contribution in [1.82, 2.24) is 10.3 Å². The molecule has 5 rings (SSSR count). The predicted molar refractivity (Wildman–Crippen MR) is 91.2 cm³/mol. The van der Waals surface area contributed by atoms with E-state index in [-0.39, 0.29) is 11.5 Å². The van der Waals surface area contributed by atoms with Crippen LogP contribution in [0.15, 0.2) is 41.2 Å². The van der Waals surface area contributed by atoms with Crippen LogP contribution in [0, 0.1) is 11.8 Å². The van der Waals surface area contributed by atoms with Gasteiger partial charge in [0.25, 0.3) is 5.91 Å². The normalized spacial score (nSPS) is 26.6. The van der Waals surface area contributed by atoms with Gasteiger partial charge in [-0.25, -0.2) is 0 Å². The summed E-state index contributed by atoms with van der Waals surface area (Å²) in [4.78, 5) is 27.0. The quantitative estimate of drug-likeness (QED) is 0.909. The first kappa shape index (κ1) is 14.0. The first-order valence-corrected chi connectivity index (χ1v) is 8.81. The summed E-state index contributed by atoms with van der Waals surface area (Å²) in [5, 5.41) is 3.04. The summed E-state index contributed by atoms with van der Waals surface area (Å²) in [5.74, 6) is 2.16. The number of rotatable bonds is 4. The van der Waals surface area contributed by atoms with Crippen LogP contribution in [0.25, 0.3) is 0 Å². The maximum absolute atomic E-state index is 12.4. The Kier molecular flexibility index (Phi) is 2.96. The lowest BCUT2D eigenvalue weighted by Gasteiger charge is -2.09. The van der Waals surface area contributed by atoms with E-state index < -0.39 is 0 Å². The van der Waals surface area contributed by atoms with Gasteiger partial charge in [-0.2, -0.15) is 0 Å². The number of nitrogens with one attached hydrogen (secondary N) is 2. The zero-order valence-electron chi connectivity index (χ0n) is 13.4. The SMILES string of the molecule is O=C(NCC1C2Cc3ccccc3C12)c1cc(C2CC2)[nH]c(=O)c1. The van der Waals surface area contributed by atoms with Gasteiger partial charge in [-0.15, -0.1) is 0 Å². The zero-order chi connectivity index (χ0) is 16.3. The Morgan fingerprint density at radius 2 is 2.04 bits per heavy atom. The van der Waals surface area contributed by atoms with Crippen molar-refractivity contribution >= 4 is 5.91 Å². The van der Waals surface area contributed by atoms with E-state index in [1.165, 1.54) is 17.2 Å². The summed E-state index contributed by atoms with van der Waals surface area (Å²) in [5.41, 5.74) is 4.16. The van der Waals surface area contributed by atoms with E-state index in [1.54, 1.807) is 0 Å². The van der Waals surface area contributed by atoms with Crippen molar-refractivity contribution in [2.45, 2.75) is 31.1 Å². The summed E-state index contributed by atoms with van der Waals surface area (Å²) >= 11 is 0. The van der Waals surface area contributed by atoms with Crippen molar-refractivity contribution in [2.75, 3.05) is 6.54 Å². The summed E-state index contributed by atoms with van der Waals surface area (Å²) < 4.78 is 0. The molecule has 3 unspecified atom stereocenters. The van der Waals surface area contributed by atoms with Gasteiger partial charge in [0.2, 0.25) is 5.56 Å². The average Bonchev–Trinajstić information content (AvgIpc) is 3.49. The van der Waals surface area contributed by atoms with E-state index >= 15 is 0 Å². The number of hydrogen-bond donors (Lipinski definition) is 2. The second-order valence-electron chi connectivity index (χ2n) is 7.43. The molecule has 2 aromatic rings. The second kappa shape index (κ2) is 5.07. The number of amides is 1. The van der Waals surface area contributed by atoms with Crippen LogP contribution >= 0.6 is 0 Å². The van der Waals surface area contributed by atoms with Crippen LogP contribution in [0.3, 0.4) is 0 Å². The van der Waals surface area contributed by atoms with Gasteiger partial charge in [0.15, 0.2) is 0 Å². The molecule has 1 aromatic heterocycles. The third-order valence-corrected chi connectivity index (χ3v) is 5.84. The van der Waals surface area contributed by atoms with Crippen molar-refractivity contribution in [3.63, 3.8) is 0 Å². The molecule has 2 saturated carbocycles. The topological polar surface area (TPSA) is 62.0 Å². The number of carbonyl (C=O) groups is 1. The van der Waals surface area contributed by atoms with E-state index in [1.807, 2.05) is 6.07 Å². The Balaban J connectivity index is 1.26. The summed E-state index contributed by atoms with van der Waals surface area (Å²) in [7, 11) is 0. The van der Waals surface area contributed by atoms with Crippen LogP contribution < -0.4 is 10.9 Å².